The summed E-state index contributed by atoms with van der Waals surface area (Å²) < 4.78 is 26.8. The van der Waals surface area contributed by atoms with Gasteiger partial charge in [0.05, 0.1) is 58.6 Å². The first-order valence-electron chi connectivity index (χ1n) is 12.0. The van der Waals surface area contributed by atoms with Gasteiger partial charge in [-0.25, -0.2) is 0 Å². The molecule has 0 radical (unpaired) electrons. The molecule has 0 aliphatic carbocycles. The molecule has 0 bridgehead atoms. The Morgan fingerprint density at radius 3 is 1.82 bits per heavy atom. The highest BCUT2D eigenvalue weighted by molar-refractivity contribution is 5.80. The van der Waals surface area contributed by atoms with Crippen LogP contribution in [0, 0.1) is 5.92 Å². The molecule has 0 fully saturated rings. The summed E-state index contributed by atoms with van der Waals surface area (Å²) in [6, 6.07) is 0. The van der Waals surface area contributed by atoms with E-state index in [2.05, 4.69) is 12.2 Å². The second-order valence-corrected chi connectivity index (χ2v) is 7.46. The molecule has 0 saturated carbocycles. The van der Waals surface area contributed by atoms with Gasteiger partial charge >= 0.3 is 11.9 Å². The van der Waals surface area contributed by atoms with Gasteiger partial charge in [-0.2, -0.15) is 0 Å². The first kappa shape index (κ1) is 31.2. The van der Waals surface area contributed by atoms with Gasteiger partial charge in [-0.1, -0.05) is 26.7 Å². The molecule has 0 aliphatic rings. The minimum Gasteiger partial charge on any atom is -0.481 e. The normalized spacial score (nSPS) is 11.8. The number of aliphatic carboxylic acids is 1. The summed E-state index contributed by atoms with van der Waals surface area (Å²) in [4.78, 5) is 33.6. The zero-order valence-corrected chi connectivity index (χ0v) is 20.3. The molecule has 33 heavy (non-hydrogen) atoms. The number of hydrogen-bond acceptors (Lipinski definition) is 8. The van der Waals surface area contributed by atoms with Crippen LogP contribution < -0.4 is 5.32 Å². The number of rotatable bonds is 24. The predicted octanol–water partition coefficient (Wildman–Crippen LogP) is 2.18. The highest BCUT2D eigenvalue weighted by atomic mass is 16.6. The number of hydrogen-bond donors (Lipinski definition) is 2. The highest BCUT2D eigenvalue weighted by Crippen LogP contribution is 2.14. The van der Waals surface area contributed by atoms with Crippen LogP contribution in [-0.2, 0) is 38.1 Å². The van der Waals surface area contributed by atoms with Crippen molar-refractivity contribution in [2.75, 3.05) is 66.0 Å². The number of esters is 1. The van der Waals surface area contributed by atoms with E-state index in [4.69, 9.17) is 28.8 Å². The Kier molecular flexibility index (Phi) is 22.2. The number of carboxylic acids is 1. The van der Waals surface area contributed by atoms with Crippen LogP contribution >= 0.6 is 0 Å². The van der Waals surface area contributed by atoms with Gasteiger partial charge in [-0.15, -0.1) is 0 Å². The van der Waals surface area contributed by atoms with Gasteiger partial charge in [0.2, 0.25) is 5.91 Å². The summed E-state index contributed by atoms with van der Waals surface area (Å²) in [5.41, 5.74) is 0. The maximum absolute atomic E-state index is 11.9. The molecule has 10 heteroatoms. The molecule has 2 N–H and O–H groups in total. The van der Waals surface area contributed by atoms with Crippen molar-refractivity contribution in [3.63, 3.8) is 0 Å². The Labute approximate surface area is 197 Å². The predicted molar refractivity (Wildman–Crippen MR) is 122 cm³/mol. The highest BCUT2D eigenvalue weighted by Gasteiger charge is 2.16. The van der Waals surface area contributed by atoms with Crippen LogP contribution in [0.5, 0.6) is 0 Å². The van der Waals surface area contributed by atoms with Crippen LogP contribution in [0.3, 0.4) is 0 Å². The van der Waals surface area contributed by atoms with Gasteiger partial charge in [-0.3, -0.25) is 14.4 Å². The van der Waals surface area contributed by atoms with E-state index in [1.54, 1.807) is 0 Å². The fourth-order valence-electron chi connectivity index (χ4n) is 2.73. The lowest BCUT2D eigenvalue weighted by Crippen LogP contribution is -2.25. The third-order valence-corrected chi connectivity index (χ3v) is 4.67. The Hall–Kier alpha value is -1.75. The molecule has 0 rings (SSSR count). The topological polar surface area (TPSA) is 130 Å². The van der Waals surface area contributed by atoms with Crippen LogP contribution in [-0.4, -0.2) is 89.0 Å². The minimum absolute atomic E-state index is 0.00767. The quantitative estimate of drug-likeness (QED) is 0.159. The van der Waals surface area contributed by atoms with E-state index >= 15 is 0 Å². The summed E-state index contributed by atoms with van der Waals surface area (Å²) >= 11 is 0. The maximum Gasteiger partial charge on any atom is 0.308 e. The molecule has 1 unspecified atom stereocenters. The first-order chi connectivity index (χ1) is 16.0. The van der Waals surface area contributed by atoms with Gasteiger partial charge < -0.3 is 34.1 Å². The van der Waals surface area contributed by atoms with Crippen LogP contribution in [0.1, 0.15) is 58.8 Å². The number of nitrogens with one attached hydrogen (secondary N) is 1. The lowest BCUT2D eigenvalue weighted by Gasteiger charge is -2.13. The first-order valence-corrected chi connectivity index (χ1v) is 12.0. The van der Waals surface area contributed by atoms with E-state index in [9.17, 15) is 14.4 Å². The molecular weight excluding hydrogens is 434 g/mol. The number of amides is 1. The number of ether oxygens (including phenoxy) is 5. The van der Waals surface area contributed by atoms with Gasteiger partial charge in [0.15, 0.2) is 0 Å². The molecule has 0 heterocycles. The average Bonchev–Trinajstić information content (AvgIpc) is 2.80. The van der Waals surface area contributed by atoms with Crippen LogP contribution in [0.25, 0.3) is 0 Å². The lowest BCUT2D eigenvalue weighted by atomic mass is 10.00. The SMILES string of the molecule is CCCCC(CC)C(=O)OCCOCCOCCOCCOCCCNC(=O)CCC(=O)O. The molecular formula is C23H43NO9. The maximum atomic E-state index is 11.9. The Morgan fingerprint density at radius 1 is 0.758 bits per heavy atom. The van der Waals surface area contributed by atoms with Gasteiger partial charge in [0.25, 0.3) is 0 Å². The summed E-state index contributed by atoms with van der Waals surface area (Å²) in [7, 11) is 0. The smallest absolute Gasteiger partial charge is 0.308 e. The van der Waals surface area contributed by atoms with Crippen LogP contribution in [0.15, 0.2) is 0 Å². The molecule has 1 atom stereocenters. The number of carboxylic acid groups (broad SMARTS) is 1. The number of unbranched alkanes of at least 4 members (excludes halogenated alkanes) is 1. The third-order valence-electron chi connectivity index (χ3n) is 4.67. The van der Waals surface area contributed by atoms with Crippen LogP contribution in [0.4, 0.5) is 0 Å². The van der Waals surface area contributed by atoms with E-state index < -0.39 is 5.97 Å². The Morgan fingerprint density at radius 2 is 1.30 bits per heavy atom. The second kappa shape index (κ2) is 23.4. The average molecular weight is 478 g/mol. The van der Waals surface area contributed by atoms with Crippen molar-refractivity contribution in [2.24, 2.45) is 5.92 Å². The van der Waals surface area contributed by atoms with Crippen molar-refractivity contribution in [1.29, 1.82) is 0 Å². The Bertz CT molecular complexity index is 502. The summed E-state index contributed by atoms with van der Waals surface area (Å²) in [6.07, 6.45) is 4.29. The summed E-state index contributed by atoms with van der Waals surface area (Å²) in [5, 5.41) is 11.1. The van der Waals surface area contributed by atoms with E-state index in [1.807, 2.05) is 6.92 Å². The van der Waals surface area contributed by atoms with Crippen molar-refractivity contribution >= 4 is 17.8 Å². The Balaban J connectivity index is 3.29. The number of carbonyl (C=O) groups excluding carboxylic acids is 2. The molecule has 0 saturated heterocycles. The molecule has 194 valence electrons. The zero-order valence-electron chi connectivity index (χ0n) is 20.3. The van der Waals surface area contributed by atoms with Crippen LogP contribution in [0.2, 0.25) is 0 Å². The molecule has 1 amide bonds. The van der Waals surface area contributed by atoms with Crippen molar-refractivity contribution in [3.8, 4) is 0 Å². The summed E-state index contributed by atoms with van der Waals surface area (Å²) in [5.74, 6) is -1.39. The molecule has 0 spiro atoms. The molecule has 0 aliphatic heterocycles. The molecule has 0 aromatic carbocycles. The van der Waals surface area contributed by atoms with Crippen molar-refractivity contribution < 1.29 is 43.2 Å². The van der Waals surface area contributed by atoms with Gasteiger partial charge in [0.1, 0.15) is 6.61 Å². The van der Waals surface area contributed by atoms with E-state index in [0.29, 0.717) is 65.8 Å². The lowest BCUT2D eigenvalue weighted by molar-refractivity contribution is -0.150. The van der Waals surface area contributed by atoms with Crippen molar-refractivity contribution in [2.45, 2.75) is 58.8 Å². The second-order valence-electron chi connectivity index (χ2n) is 7.46. The largest absolute Gasteiger partial charge is 0.481 e. The molecule has 0 aromatic rings. The number of carbonyl (C=O) groups is 3. The standard InChI is InChI=1S/C23H43NO9/c1-3-5-7-20(4-2)23(28)33-19-18-32-17-16-31-15-14-30-13-12-29-11-6-10-24-21(25)8-9-22(26)27/h20H,3-19H2,1-2H3,(H,24,25)(H,26,27). The van der Waals surface area contributed by atoms with Gasteiger partial charge in [0, 0.05) is 19.6 Å². The molecule has 10 nitrogen and oxygen atoms in total. The van der Waals surface area contributed by atoms with E-state index in [-0.39, 0.29) is 37.2 Å². The monoisotopic (exact) mass is 477 g/mol. The fourth-order valence-corrected chi connectivity index (χ4v) is 2.73. The van der Waals surface area contributed by atoms with Crippen molar-refractivity contribution in [1.82, 2.24) is 5.32 Å². The van der Waals surface area contributed by atoms with Crippen molar-refractivity contribution in [3.05, 3.63) is 0 Å². The third kappa shape index (κ3) is 21.8. The molecule has 0 aromatic heterocycles. The zero-order chi connectivity index (χ0) is 24.6. The van der Waals surface area contributed by atoms with Gasteiger partial charge in [-0.05, 0) is 19.3 Å². The summed E-state index contributed by atoms with van der Waals surface area (Å²) in [6.45, 7) is 8.37. The van der Waals surface area contributed by atoms with E-state index in [1.165, 1.54) is 0 Å². The van der Waals surface area contributed by atoms with E-state index in [0.717, 1.165) is 25.7 Å². The fraction of sp³-hybridized carbons (Fsp3) is 0.870. The minimum atomic E-state index is -0.982.